The van der Waals surface area contributed by atoms with Crippen LogP contribution in [0.15, 0.2) is 36.4 Å². The average Bonchev–Trinajstić information content (AvgIpc) is 2.95. The van der Waals surface area contributed by atoms with Crippen LogP contribution in [0.3, 0.4) is 0 Å². The largest absolute Gasteiger partial charge is 0.416 e. The minimum absolute atomic E-state index is 0. The van der Waals surface area contributed by atoms with Crippen LogP contribution in [0.1, 0.15) is 40.9 Å². The summed E-state index contributed by atoms with van der Waals surface area (Å²) in [5.74, 6) is -2.32. The Labute approximate surface area is 199 Å². The number of carbonyl (C=O) groups excluding carboxylic acids is 2. The lowest BCUT2D eigenvalue weighted by molar-refractivity contribution is -0.140. The first-order chi connectivity index (χ1) is 15.0. The zero-order chi connectivity index (χ0) is 23.8. The minimum atomic E-state index is -5.05. The van der Waals surface area contributed by atoms with E-state index < -0.39 is 45.9 Å². The highest BCUT2D eigenvalue weighted by atomic mass is 35.5. The molecule has 0 bridgehead atoms. The maximum atomic E-state index is 16.6. The van der Waals surface area contributed by atoms with E-state index in [0.717, 1.165) is 11.0 Å². The van der Waals surface area contributed by atoms with Crippen LogP contribution in [0.2, 0.25) is 5.02 Å². The first-order valence-electron chi connectivity index (χ1n) is 10.0. The van der Waals surface area contributed by atoms with Gasteiger partial charge in [0.05, 0.1) is 11.3 Å². The Bertz CT molecular complexity index is 1060. The number of carbonyl (C=O) groups is 2. The van der Waals surface area contributed by atoms with Gasteiger partial charge in [-0.2, -0.15) is 13.2 Å². The van der Waals surface area contributed by atoms with Crippen molar-refractivity contribution in [3.8, 4) is 0 Å². The molecule has 0 aromatic heterocycles. The lowest BCUT2D eigenvalue weighted by Gasteiger charge is -2.25. The van der Waals surface area contributed by atoms with Gasteiger partial charge in [-0.05, 0) is 31.3 Å². The zero-order valence-corrected chi connectivity index (χ0v) is 19.5. The standard InChI is InChI=1S/C22H22ClF4N3O2.ClH/c1-3-29(4-2)9-10-30-17-12-13(19(28)31)11-15(22(25,26)27)18(17)21(24,20(30)32)14-7-5-6-8-16(14)23;/h5-8,11-12H,3-4,9-10H2,1-2H3,(H2,28,31);1H. The van der Waals surface area contributed by atoms with Crippen LogP contribution in [0.25, 0.3) is 0 Å². The summed E-state index contributed by atoms with van der Waals surface area (Å²) in [4.78, 5) is 28.0. The summed E-state index contributed by atoms with van der Waals surface area (Å²) in [6.07, 6.45) is -5.05. The Morgan fingerprint density at radius 3 is 2.30 bits per heavy atom. The fourth-order valence-corrected chi connectivity index (χ4v) is 4.23. The van der Waals surface area contributed by atoms with Crippen molar-refractivity contribution in [1.29, 1.82) is 0 Å². The molecule has 1 unspecified atom stereocenters. The van der Waals surface area contributed by atoms with Gasteiger partial charge < -0.3 is 15.5 Å². The molecule has 2 aromatic carbocycles. The van der Waals surface area contributed by atoms with E-state index in [4.69, 9.17) is 17.3 Å². The second-order valence-electron chi connectivity index (χ2n) is 7.40. The van der Waals surface area contributed by atoms with Crippen molar-refractivity contribution >= 4 is 41.5 Å². The molecule has 2 aromatic rings. The van der Waals surface area contributed by atoms with Crippen LogP contribution in [-0.2, 0) is 16.6 Å². The molecule has 11 heteroatoms. The van der Waals surface area contributed by atoms with Crippen molar-refractivity contribution in [3.05, 3.63) is 63.7 Å². The number of nitrogens with two attached hydrogens (primary N) is 1. The smallest absolute Gasteiger partial charge is 0.366 e. The van der Waals surface area contributed by atoms with E-state index in [9.17, 15) is 22.8 Å². The molecule has 180 valence electrons. The van der Waals surface area contributed by atoms with Crippen molar-refractivity contribution < 1.29 is 27.2 Å². The molecule has 0 aliphatic carbocycles. The lowest BCUT2D eigenvalue weighted by atomic mass is 9.85. The molecular weight excluding hydrogens is 485 g/mol. The van der Waals surface area contributed by atoms with Gasteiger partial charge in [0.1, 0.15) is 0 Å². The first kappa shape index (κ1) is 26.9. The Kier molecular flexibility index (Phi) is 8.04. The predicted octanol–water partition coefficient (Wildman–Crippen LogP) is 4.78. The fraction of sp³-hybridized carbons (Fsp3) is 0.364. The van der Waals surface area contributed by atoms with Gasteiger partial charge in [-0.25, -0.2) is 4.39 Å². The van der Waals surface area contributed by atoms with E-state index in [1.54, 1.807) is 0 Å². The number of primary amides is 1. The van der Waals surface area contributed by atoms with Crippen molar-refractivity contribution in [2.24, 2.45) is 5.73 Å². The van der Waals surface area contributed by atoms with E-state index in [2.05, 4.69) is 0 Å². The van der Waals surface area contributed by atoms with Gasteiger partial charge in [-0.15, -0.1) is 12.4 Å². The SMILES string of the molecule is CCN(CC)CCN1C(=O)C(F)(c2ccccc2Cl)c2c1cc(C(N)=O)cc2C(F)(F)F.Cl. The minimum Gasteiger partial charge on any atom is -0.366 e. The molecule has 1 atom stereocenters. The van der Waals surface area contributed by atoms with E-state index in [-0.39, 0.29) is 29.7 Å². The molecule has 1 aliphatic rings. The van der Waals surface area contributed by atoms with Crippen molar-refractivity contribution in [3.63, 3.8) is 0 Å². The number of hydrogen-bond donors (Lipinski definition) is 1. The monoisotopic (exact) mass is 507 g/mol. The maximum absolute atomic E-state index is 16.6. The number of amides is 2. The van der Waals surface area contributed by atoms with Crippen molar-refractivity contribution in [2.45, 2.75) is 25.7 Å². The van der Waals surface area contributed by atoms with Crippen LogP contribution in [-0.4, -0.2) is 42.9 Å². The molecule has 3 rings (SSSR count). The average molecular weight is 508 g/mol. The van der Waals surface area contributed by atoms with Gasteiger partial charge in [0.15, 0.2) is 0 Å². The van der Waals surface area contributed by atoms with Gasteiger partial charge >= 0.3 is 6.18 Å². The Morgan fingerprint density at radius 2 is 1.79 bits per heavy atom. The van der Waals surface area contributed by atoms with Gasteiger partial charge in [-0.1, -0.05) is 43.6 Å². The number of benzene rings is 2. The number of anilines is 1. The topological polar surface area (TPSA) is 66.6 Å². The van der Waals surface area contributed by atoms with Crippen molar-refractivity contribution in [2.75, 3.05) is 31.1 Å². The van der Waals surface area contributed by atoms with E-state index >= 15 is 4.39 Å². The predicted molar refractivity (Wildman–Crippen MR) is 121 cm³/mol. The summed E-state index contributed by atoms with van der Waals surface area (Å²) in [7, 11) is 0. The highest BCUT2D eigenvalue weighted by molar-refractivity contribution is 6.32. The Hall–Kier alpha value is -2.36. The third kappa shape index (κ3) is 4.67. The lowest BCUT2D eigenvalue weighted by Crippen LogP contribution is -2.42. The summed E-state index contributed by atoms with van der Waals surface area (Å²) < 4.78 is 58.7. The zero-order valence-electron chi connectivity index (χ0n) is 17.9. The molecule has 1 aliphatic heterocycles. The van der Waals surface area contributed by atoms with Crippen LogP contribution >= 0.6 is 24.0 Å². The third-order valence-corrected chi connectivity index (χ3v) is 5.99. The number of halogens is 6. The number of nitrogens with zero attached hydrogens (tertiary/aromatic N) is 2. The summed E-state index contributed by atoms with van der Waals surface area (Å²) in [5.41, 5.74) is -1.47. The summed E-state index contributed by atoms with van der Waals surface area (Å²) in [6, 6.07) is 6.86. The molecule has 0 saturated heterocycles. The van der Waals surface area contributed by atoms with Gasteiger partial charge in [0.2, 0.25) is 11.6 Å². The van der Waals surface area contributed by atoms with E-state index in [0.29, 0.717) is 25.7 Å². The molecule has 2 amide bonds. The fourth-order valence-electron chi connectivity index (χ4n) is 3.96. The molecule has 5 nitrogen and oxygen atoms in total. The Morgan fingerprint density at radius 1 is 1.18 bits per heavy atom. The number of hydrogen-bond acceptors (Lipinski definition) is 3. The summed E-state index contributed by atoms with van der Waals surface area (Å²) in [5, 5.41) is -0.188. The van der Waals surface area contributed by atoms with Gasteiger partial charge in [-0.3, -0.25) is 9.59 Å². The van der Waals surface area contributed by atoms with E-state index in [1.807, 2.05) is 18.7 Å². The summed E-state index contributed by atoms with van der Waals surface area (Å²) >= 11 is 6.12. The third-order valence-electron chi connectivity index (χ3n) is 5.66. The molecule has 0 radical (unpaired) electrons. The first-order valence-corrected chi connectivity index (χ1v) is 10.4. The number of fused-ring (bicyclic) bond motifs is 1. The van der Waals surface area contributed by atoms with Crippen LogP contribution in [0.4, 0.5) is 23.2 Å². The van der Waals surface area contributed by atoms with Gasteiger partial charge in [0.25, 0.3) is 5.91 Å². The number of alkyl halides is 4. The van der Waals surface area contributed by atoms with Crippen molar-refractivity contribution in [1.82, 2.24) is 4.90 Å². The van der Waals surface area contributed by atoms with Crippen LogP contribution < -0.4 is 10.6 Å². The summed E-state index contributed by atoms with van der Waals surface area (Å²) in [6.45, 7) is 5.25. The maximum Gasteiger partial charge on any atom is 0.416 e. The molecule has 0 fully saturated rings. The molecule has 33 heavy (non-hydrogen) atoms. The molecule has 1 heterocycles. The highest BCUT2D eigenvalue weighted by Gasteiger charge is 2.58. The molecule has 2 N–H and O–H groups in total. The van der Waals surface area contributed by atoms with E-state index in [1.165, 1.54) is 24.3 Å². The van der Waals surface area contributed by atoms with Gasteiger partial charge in [0, 0.05) is 34.8 Å². The second kappa shape index (κ2) is 9.87. The second-order valence-corrected chi connectivity index (χ2v) is 7.81. The number of likely N-dealkylation sites (N-methyl/N-ethyl adjacent to an activating group) is 1. The number of rotatable bonds is 7. The molecule has 0 saturated carbocycles. The van der Waals surface area contributed by atoms with Crippen LogP contribution in [0, 0.1) is 0 Å². The quantitative estimate of drug-likeness (QED) is 0.548. The highest BCUT2D eigenvalue weighted by Crippen LogP contribution is 2.53. The van der Waals surface area contributed by atoms with Crippen LogP contribution in [0.5, 0.6) is 0 Å². The normalized spacial score (nSPS) is 17.8. The molecular formula is C22H23Cl2F4N3O2. The molecule has 0 spiro atoms. The Balaban J connectivity index is 0.00000385.